The van der Waals surface area contributed by atoms with Crippen LogP contribution in [-0.2, 0) is 0 Å². The van der Waals surface area contributed by atoms with Crippen molar-refractivity contribution >= 4 is 11.8 Å². The third kappa shape index (κ3) is 4.92. The van der Waals surface area contributed by atoms with Gasteiger partial charge in [0.05, 0.1) is 0 Å². The third-order valence-electron chi connectivity index (χ3n) is 2.70. The first-order chi connectivity index (χ1) is 6.33. The van der Waals surface area contributed by atoms with Crippen LogP contribution >= 0.6 is 11.8 Å². The van der Waals surface area contributed by atoms with Gasteiger partial charge in [0.15, 0.2) is 0 Å². The summed E-state index contributed by atoms with van der Waals surface area (Å²) in [5, 5.41) is 0. The molecule has 0 spiro atoms. The lowest BCUT2D eigenvalue weighted by molar-refractivity contribution is 0.288. The first-order valence-electron chi connectivity index (χ1n) is 5.63. The van der Waals surface area contributed by atoms with E-state index in [9.17, 15) is 0 Å². The van der Waals surface area contributed by atoms with Crippen molar-refractivity contribution in [3.8, 4) is 0 Å². The van der Waals surface area contributed by atoms with Crippen molar-refractivity contribution in [2.75, 3.05) is 24.7 Å². The van der Waals surface area contributed by atoms with E-state index in [1.165, 1.54) is 50.4 Å². The van der Waals surface area contributed by atoms with Crippen molar-refractivity contribution in [2.24, 2.45) is 5.92 Å². The van der Waals surface area contributed by atoms with Crippen LogP contribution in [0.5, 0.6) is 0 Å². The Labute approximate surface area is 87.3 Å². The fraction of sp³-hybridized carbons (Fsp3) is 1.00. The SMILES string of the molecule is CCCCCC(C)CN1CCSC1. The molecule has 78 valence electrons. The molecule has 0 radical (unpaired) electrons. The molecule has 0 bridgehead atoms. The summed E-state index contributed by atoms with van der Waals surface area (Å²) in [4.78, 5) is 2.60. The molecule has 1 saturated heterocycles. The van der Waals surface area contributed by atoms with E-state index < -0.39 is 0 Å². The van der Waals surface area contributed by atoms with E-state index in [0.29, 0.717) is 0 Å². The van der Waals surface area contributed by atoms with Gasteiger partial charge >= 0.3 is 0 Å². The molecular weight excluding hydrogens is 178 g/mol. The van der Waals surface area contributed by atoms with Gasteiger partial charge in [-0.05, 0) is 12.3 Å². The molecule has 2 heteroatoms. The topological polar surface area (TPSA) is 3.24 Å². The van der Waals surface area contributed by atoms with E-state index >= 15 is 0 Å². The Bertz CT molecular complexity index is 121. The van der Waals surface area contributed by atoms with Gasteiger partial charge in [-0.15, -0.1) is 11.8 Å². The zero-order chi connectivity index (χ0) is 9.52. The zero-order valence-electron chi connectivity index (χ0n) is 9.09. The van der Waals surface area contributed by atoms with Gasteiger partial charge in [0.2, 0.25) is 0 Å². The second-order valence-corrected chi connectivity index (χ2v) is 5.29. The van der Waals surface area contributed by atoms with Crippen LogP contribution in [0, 0.1) is 5.92 Å². The number of nitrogens with zero attached hydrogens (tertiary/aromatic N) is 1. The first kappa shape index (κ1) is 11.4. The number of hydrogen-bond donors (Lipinski definition) is 0. The van der Waals surface area contributed by atoms with E-state index in [0.717, 1.165) is 5.92 Å². The van der Waals surface area contributed by atoms with Gasteiger partial charge in [-0.1, -0.05) is 33.1 Å². The molecule has 0 N–H and O–H groups in total. The summed E-state index contributed by atoms with van der Waals surface area (Å²) in [6.45, 7) is 7.33. The lowest BCUT2D eigenvalue weighted by atomic mass is 10.0. The van der Waals surface area contributed by atoms with Crippen molar-refractivity contribution in [3.63, 3.8) is 0 Å². The van der Waals surface area contributed by atoms with Gasteiger partial charge in [-0.2, -0.15) is 0 Å². The summed E-state index contributed by atoms with van der Waals surface area (Å²) < 4.78 is 0. The standard InChI is InChI=1S/C11H23NS/c1-3-4-5-6-11(2)9-12-7-8-13-10-12/h11H,3-10H2,1-2H3. The molecule has 0 aromatic carbocycles. The molecule has 1 aliphatic rings. The molecule has 1 atom stereocenters. The minimum absolute atomic E-state index is 0.908. The Balaban J connectivity index is 1.99. The average molecular weight is 201 g/mol. The quantitative estimate of drug-likeness (QED) is 0.607. The van der Waals surface area contributed by atoms with Gasteiger partial charge in [-0.25, -0.2) is 0 Å². The maximum absolute atomic E-state index is 2.60. The fourth-order valence-electron chi connectivity index (χ4n) is 1.87. The Morgan fingerprint density at radius 2 is 2.23 bits per heavy atom. The summed E-state index contributed by atoms with van der Waals surface area (Å²) in [5.41, 5.74) is 0. The largest absolute Gasteiger partial charge is 0.293 e. The first-order valence-corrected chi connectivity index (χ1v) is 6.78. The molecule has 0 aromatic heterocycles. The highest BCUT2D eigenvalue weighted by atomic mass is 32.2. The summed E-state index contributed by atoms with van der Waals surface area (Å²) in [6, 6.07) is 0. The monoisotopic (exact) mass is 201 g/mol. The number of thioether (sulfide) groups is 1. The van der Waals surface area contributed by atoms with Crippen molar-refractivity contribution in [1.29, 1.82) is 0 Å². The van der Waals surface area contributed by atoms with Crippen LogP contribution in [0.4, 0.5) is 0 Å². The van der Waals surface area contributed by atoms with Gasteiger partial charge < -0.3 is 0 Å². The number of unbranched alkanes of at least 4 members (excludes halogenated alkanes) is 2. The maximum Gasteiger partial charge on any atom is 0.0445 e. The predicted octanol–water partition coefficient (Wildman–Crippen LogP) is 3.21. The van der Waals surface area contributed by atoms with Gasteiger partial charge in [0, 0.05) is 24.7 Å². The highest BCUT2D eigenvalue weighted by Crippen LogP contribution is 2.17. The highest BCUT2D eigenvalue weighted by molar-refractivity contribution is 7.99. The minimum Gasteiger partial charge on any atom is -0.293 e. The predicted molar refractivity (Wildman–Crippen MR) is 62.2 cm³/mol. The third-order valence-corrected chi connectivity index (χ3v) is 3.72. The Morgan fingerprint density at radius 3 is 2.85 bits per heavy atom. The molecule has 0 aliphatic carbocycles. The molecule has 1 heterocycles. The van der Waals surface area contributed by atoms with E-state index in [2.05, 4.69) is 30.5 Å². The van der Waals surface area contributed by atoms with Crippen LogP contribution in [0.15, 0.2) is 0 Å². The van der Waals surface area contributed by atoms with Crippen LogP contribution in [0.1, 0.15) is 39.5 Å². The highest BCUT2D eigenvalue weighted by Gasteiger charge is 2.14. The molecular formula is C11H23NS. The van der Waals surface area contributed by atoms with Crippen molar-refractivity contribution in [3.05, 3.63) is 0 Å². The normalized spacial score (nSPS) is 20.8. The van der Waals surface area contributed by atoms with E-state index in [1.807, 2.05) is 0 Å². The maximum atomic E-state index is 2.60. The number of rotatable bonds is 6. The van der Waals surface area contributed by atoms with Crippen LogP contribution in [-0.4, -0.2) is 29.6 Å². The smallest absolute Gasteiger partial charge is 0.0445 e. The molecule has 0 aromatic rings. The van der Waals surface area contributed by atoms with Gasteiger partial charge in [0.1, 0.15) is 0 Å². The van der Waals surface area contributed by atoms with Crippen molar-refractivity contribution in [1.82, 2.24) is 4.90 Å². The fourth-order valence-corrected chi connectivity index (χ4v) is 2.88. The summed E-state index contributed by atoms with van der Waals surface area (Å²) in [6.07, 6.45) is 5.62. The molecule has 1 nitrogen and oxygen atoms in total. The zero-order valence-corrected chi connectivity index (χ0v) is 9.91. The Hall–Kier alpha value is 0.310. The molecule has 0 amide bonds. The molecule has 1 rings (SSSR count). The van der Waals surface area contributed by atoms with Gasteiger partial charge in [-0.3, -0.25) is 4.90 Å². The summed E-state index contributed by atoms with van der Waals surface area (Å²) >= 11 is 2.08. The Kier molecular flexibility index (Phi) is 5.88. The minimum atomic E-state index is 0.908. The van der Waals surface area contributed by atoms with Crippen molar-refractivity contribution in [2.45, 2.75) is 39.5 Å². The molecule has 13 heavy (non-hydrogen) atoms. The second-order valence-electron chi connectivity index (χ2n) is 4.22. The van der Waals surface area contributed by atoms with Crippen LogP contribution < -0.4 is 0 Å². The summed E-state index contributed by atoms with van der Waals surface area (Å²) in [5.74, 6) is 3.53. The molecule has 1 fully saturated rings. The molecule has 1 aliphatic heterocycles. The summed E-state index contributed by atoms with van der Waals surface area (Å²) in [7, 11) is 0. The van der Waals surface area contributed by atoms with E-state index in [1.54, 1.807) is 0 Å². The molecule has 1 unspecified atom stereocenters. The lowest BCUT2D eigenvalue weighted by Crippen LogP contribution is -2.25. The lowest BCUT2D eigenvalue weighted by Gasteiger charge is -2.19. The van der Waals surface area contributed by atoms with Gasteiger partial charge in [0.25, 0.3) is 0 Å². The van der Waals surface area contributed by atoms with E-state index in [-0.39, 0.29) is 0 Å². The van der Waals surface area contributed by atoms with Crippen LogP contribution in [0.2, 0.25) is 0 Å². The van der Waals surface area contributed by atoms with Crippen molar-refractivity contribution < 1.29 is 0 Å². The molecule has 0 saturated carbocycles. The number of hydrogen-bond acceptors (Lipinski definition) is 2. The Morgan fingerprint density at radius 1 is 1.38 bits per heavy atom. The van der Waals surface area contributed by atoms with E-state index in [4.69, 9.17) is 0 Å². The van der Waals surface area contributed by atoms with Crippen LogP contribution in [0.25, 0.3) is 0 Å². The van der Waals surface area contributed by atoms with Crippen LogP contribution in [0.3, 0.4) is 0 Å². The second kappa shape index (κ2) is 6.72. The average Bonchev–Trinajstić information content (AvgIpc) is 2.57.